The van der Waals surface area contributed by atoms with Gasteiger partial charge in [-0.25, -0.2) is 4.79 Å². The Bertz CT molecular complexity index is 1240. The molecule has 37 heavy (non-hydrogen) atoms. The number of esters is 1. The molecule has 0 amide bonds. The Labute approximate surface area is 218 Å². The molecule has 0 unspecified atom stereocenters. The first-order valence-electron chi connectivity index (χ1n) is 12.8. The van der Waals surface area contributed by atoms with Gasteiger partial charge in [0.1, 0.15) is 5.75 Å². The fourth-order valence-corrected chi connectivity index (χ4v) is 5.07. The van der Waals surface area contributed by atoms with E-state index in [2.05, 4.69) is 5.32 Å². The second kappa shape index (κ2) is 11.1. The van der Waals surface area contributed by atoms with Gasteiger partial charge >= 0.3 is 5.97 Å². The number of ketones is 1. The Kier molecular flexibility index (Phi) is 7.91. The van der Waals surface area contributed by atoms with Gasteiger partial charge in [0, 0.05) is 29.3 Å². The Balaban J connectivity index is 1.79. The van der Waals surface area contributed by atoms with Gasteiger partial charge in [-0.15, -0.1) is 0 Å². The first-order chi connectivity index (χ1) is 17.8. The number of rotatable bonds is 8. The first kappa shape index (κ1) is 26.3. The van der Waals surface area contributed by atoms with Gasteiger partial charge in [0.15, 0.2) is 17.3 Å². The third-order valence-electron chi connectivity index (χ3n) is 7.13. The summed E-state index contributed by atoms with van der Waals surface area (Å²) < 4.78 is 16.6. The molecule has 0 saturated heterocycles. The van der Waals surface area contributed by atoms with Crippen LogP contribution in [-0.4, -0.2) is 36.7 Å². The third kappa shape index (κ3) is 5.36. The molecular formula is C30H35NO6. The van der Waals surface area contributed by atoms with Crippen LogP contribution in [0, 0.1) is 0 Å². The van der Waals surface area contributed by atoms with Crippen molar-refractivity contribution in [1.82, 2.24) is 5.32 Å². The van der Waals surface area contributed by atoms with Crippen molar-refractivity contribution in [2.45, 2.75) is 64.9 Å². The van der Waals surface area contributed by atoms with Gasteiger partial charge in [0.05, 0.1) is 25.4 Å². The minimum Gasteiger partial charge on any atom is -0.504 e. The van der Waals surface area contributed by atoms with E-state index in [0.29, 0.717) is 54.0 Å². The van der Waals surface area contributed by atoms with E-state index >= 15 is 0 Å². The topological polar surface area (TPSA) is 94.1 Å². The third-order valence-corrected chi connectivity index (χ3v) is 7.13. The number of nitrogens with one attached hydrogen (secondary N) is 1. The molecule has 7 heteroatoms. The number of hydrogen-bond acceptors (Lipinski definition) is 7. The number of phenolic OH excluding ortho intramolecular Hbond substituents is 1. The van der Waals surface area contributed by atoms with Gasteiger partial charge in [-0.2, -0.15) is 0 Å². The summed E-state index contributed by atoms with van der Waals surface area (Å²) in [4.78, 5) is 27.2. The van der Waals surface area contributed by atoms with Crippen molar-refractivity contribution in [2.75, 3.05) is 13.7 Å². The number of carbonyl (C=O) groups is 2. The van der Waals surface area contributed by atoms with Gasteiger partial charge in [-0.3, -0.25) is 4.79 Å². The highest BCUT2D eigenvalue weighted by Crippen LogP contribution is 2.47. The fourth-order valence-electron chi connectivity index (χ4n) is 5.07. The van der Waals surface area contributed by atoms with E-state index in [4.69, 9.17) is 14.2 Å². The first-order valence-corrected chi connectivity index (χ1v) is 12.8. The number of dihydropyridines is 1. The van der Waals surface area contributed by atoms with E-state index in [0.717, 1.165) is 17.0 Å². The van der Waals surface area contributed by atoms with E-state index in [9.17, 15) is 14.7 Å². The minimum absolute atomic E-state index is 0.00512. The summed E-state index contributed by atoms with van der Waals surface area (Å²) in [7, 11) is 1.63. The average Bonchev–Trinajstić information content (AvgIpc) is 2.89. The lowest BCUT2D eigenvalue weighted by atomic mass is 9.71. The van der Waals surface area contributed by atoms with Crippen LogP contribution in [0.3, 0.4) is 0 Å². The number of ether oxygens (including phenoxy) is 3. The number of methoxy groups -OCH3 is 1. The van der Waals surface area contributed by atoms with E-state index in [1.54, 1.807) is 25.3 Å². The molecule has 0 bridgehead atoms. The number of hydrogen-bond donors (Lipinski definition) is 2. The summed E-state index contributed by atoms with van der Waals surface area (Å²) in [5.41, 5.74) is 4.20. The van der Waals surface area contributed by atoms with Crippen LogP contribution in [0.15, 0.2) is 65.0 Å². The minimum atomic E-state index is -0.628. The molecule has 3 atom stereocenters. The quantitative estimate of drug-likeness (QED) is 0.457. The van der Waals surface area contributed by atoms with E-state index < -0.39 is 11.9 Å². The van der Waals surface area contributed by atoms with Crippen LogP contribution < -0.4 is 14.8 Å². The SMILES string of the molecule is CCOc1cc([C@H]2C(C(=O)O[C@@H](C)CC)=C(C)NC3=C2C(=O)C[C@H](c2ccc(OC)cc2)C3)ccc1O. The van der Waals surface area contributed by atoms with Crippen LogP contribution in [0.25, 0.3) is 0 Å². The molecule has 0 fully saturated rings. The van der Waals surface area contributed by atoms with Crippen LogP contribution >= 0.6 is 0 Å². The normalized spacial score (nSPS) is 20.2. The number of benzene rings is 2. The lowest BCUT2D eigenvalue weighted by Crippen LogP contribution is -2.36. The summed E-state index contributed by atoms with van der Waals surface area (Å²) in [6.07, 6.45) is 1.38. The molecule has 2 N–H and O–H groups in total. The predicted molar refractivity (Wildman–Crippen MR) is 141 cm³/mol. The molecule has 0 radical (unpaired) electrons. The Hall–Kier alpha value is -3.74. The van der Waals surface area contributed by atoms with E-state index in [1.165, 1.54) is 0 Å². The second-order valence-electron chi connectivity index (χ2n) is 9.57. The molecule has 0 aromatic heterocycles. The molecule has 2 aromatic rings. The molecule has 7 nitrogen and oxygen atoms in total. The summed E-state index contributed by atoms with van der Waals surface area (Å²) >= 11 is 0. The van der Waals surface area contributed by atoms with Crippen molar-refractivity contribution >= 4 is 11.8 Å². The maximum atomic E-state index is 13.8. The van der Waals surface area contributed by atoms with Crippen molar-refractivity contribution in [2.24, 2.45) is 0 Å². The zero-order chi connectivity index (χ0) is 26.7. The molecule has 2 aromatic carbocycles. The zero-order valence-corrected chi connectivity index (χ0v) is 22.1. The summed E-state index contributed by atoms with van der Waals surface area (Å²) in [5, 5.41) is 13.7. The molecule has 2 aliphatic rings. The van der Waals surface area contributed by atoms with Crippen LogP contribution in [0.5, 0.6) is 17.2 Å². The highest BCUT2D eigenvalue weighted by molar-refractivity contribution is 6.04. The van der Waals surface area contributed by atoms with Crippen LogP contribution in [-0.2, 0) is 14.3 Å². The summed E-state index contributed by atoms with van der Waals surface area (Å²) in [5.74, 6) is -0.0104. The van der Waals surface area contributed by atoms with Crippen molar-refractivity contribution in [3.8, 4) is 17.2 Å². The van der Waals surface area contributed by atoms with Crippen molar-refractivity contribution < 1.29 is 28.9 Å². The van der Waals surface area contributed by atoms with Crippen molar-refractivity contribution in [3.05, 3.63) is 76.1 Å². The van der Waals surface area contributed by atoms with Crippen LogP contribution in [0.4, 0.5) is 0 Å². The fraction of sp³-hybridized carbons (Fsp3) is 0.400. The smallest absolute Gasteiger partial charge is 0.337 e. The molecule has 196 valence electrons. The summed E-state index contributed by atoms with van der Waals surface area (Å²) in [6.45, 7) is 7.85. The lowest BCUT2D eigenvalue weighted by Gasteiger charge is -2.37. The maximum Gasteiger partial charge on any atom is 0.337 e. The standard InChI is InChI=1S/C30H35NO6/c1-6-17(3)37-30(34)27-18(4)31-23-14-21(19-8-11-22(35-5)12-9-19)15-25(33)29(23)28(27)20-10-13-24(32)26(16-20)36-7-2/h8-13,16-17,21,28,31-32H,6-7,14-15H2,1-5H3/t17-,21+,28-/m0/s1. The maximum absolute atomic E-state index is 13.8. The van der Waals surface area contributed by atoms with Gasteiger partial charge in [0.25, 0.3) is 0 Å². The van der Waals surface area contributed by atoms with E-state index in [1.807, 2.05) is 52.0 Å². The molecule has 1 heterocycles. The van der Waals surface area contributed by atoms with Gasteiger partial charge < -0.3 is 24.6 Å². The Morgan fingerprint density at radius 1 is 1.11 bits per heavy atom. The molecule has 0 saturated carbocycles. The Morgan fingerprint density at radius 3 is 2.46 bits per heavy atom. The van der Waals surface area contributed by atoms with Gasteiger partial charge in [0.2, 0.25) is 0 Å². The molecule has 0 spiro atoms. The van der Waals surface area contributed by atoms with E-state index in [-0.39, 0.29) is 23.6 Å². The second-order valence-corrected chi connectivity index (χ2v) is 9.57. The molecule has 1 aliphatic heterocycles. The van der Waals surface area contributed by atoms with Crippen LogP contribution in [0.1, 0.15) is 69.9 Å². The number of carbonyl (C=O) groups excluding carboxylic acids is 2. The van der Waals surface area contributed by atoms with Crippen molar-refractivity contribution in [1.29, 1.82) is 0 Å². The van der Waals surface area contributed by atoms with Gasteiger partial charge in [-0.1, -0.05) is 25.1 Å². The number of phenols is 1. The number of aromatic hydroxyl groups is 1. The van der Waals surface area contributed by atoms with Crippen molar-refractivity contribution in [3.63, 3.8) is 0 Å². The summed E-state index contributed by atoms with van der Waals surface area (Å²) in [6, 6.07) is 12.8. The lowest BCUT2D eigenvalue weighted by molar-refractivity contribution is -0.144. The molecular weight excluding hydrogens is 470 g/mol. The predicted octanol–water partition coefficient (Wildman–Crippen LogP) is 5.50. The highest BCUT2D eigenvalue weighted by Gasteiger charge is 2.42. The monoisotopic (exact) mass is 505 g/mol. The zero-order valence-electron chi connectivity index (χ0n) is 22.1. The largest absolute Gasteiger partial charge is 0.504 e. The van der Waals surface area contributed by atoms with Crippen LogP contribution in [0.2, 0.25) is 0 Å². The van der Waals surface area contributed by atoms with Gasteiger partial charge in [-0.05, 0) is 74.9 Å². The molecule has 1 aliphatic carbocycles. The molecule has 4 rings (SSSR count). The number of allylic oxidation sites excluding steroid dienone is 3. The average molecular weight is 506 g/mol. The Morgan fingerprint density at radius 2 is 1.81 bits per heavy atom. The number of Topliss-reactive ketones (excluding diaryl/α,β-unsaturated/α-hetero) is 1. The highest BCUT2D eigenvalue weighted by atomic mass is 16.5.